The molecule has 130 valence electrons. The molecule has 1 aromatic carbocycles. The molecule has 2 heterocycles. The van der Waals surface area contributed by atoms with Crippen LogP contribution >= 0.6 is 27.5 Å². The maximum atomic E-state index is 12.0. The fourth-order valence-corrected chi connectivity index (χ4v) is 3.06. The van der Waals surface area contributed by atoms with Gasteiger partial charge in [-0.15, -0.1) is 0 Å². The van der Waals surface area contributed by atoms with Crippen molar-refractivity contribution in [2.75, 3.05) is 29.9 Å². The van der Waals surface area contributed by atoms with E-state index in [9.17, 15) is 9.59 Å². The molecule has 0 aliphatic carbocycles. The van der Waals surface area contributed by atoms with Crippen LogP contribution in [0.5, 0.6) is 0 Å². The first kappa shape index (κ1) is 17.6. The lowest BCUT2D eigenvalue weighted by Crippen LogP contribution is -2.47. The first-order chi connectivity index (χ1) is 12.0. The Kier molecular flexibility index (Phi) is 5.45. The largest absolute Gasteiger partial charge is 0.450 e. The summed E-state index contributed by atoms with van der Waals surface area (Å²) >= 11 is 9.51. The van der Waals surface area contributed by atoms with Crippen molar-refractivity contribution in [2.45, 2.75) is 0 Å². The fraction of sp³-hybridized carbons (Fsp3) is 0.176. The Hall–Kier alpha value is -2.25. The molecule has 0 unspecified atom stereocenters. The predicted octanol–water partition coefficient (Wildman–Crippen LogP) is 3.28. The van der Waals surface area contributed by atoms with E-state index in [4.69, 9.17) is 16.0 Å². The number of carbonyl (C=O) groups excluding carboxylic acids is 2. The summed E-state index contributed by atoms with van der Waals surface area (Å²) in [5.74, 6) is 0.238. The summed E-state index contributed by atoms with van der Waals surface area (Å²) in [5, 5.41) is 5.98. The average molecular weight is 425 g/mol. The summed E-state index contributed by atoms with van der Waals surface area (Å²) < 4.78 is 5.88. The quantitative estimate of drug-likeness (QED) is 0.739. The van der Waals surface area contributed by atoms with Crippen molar-refractivity contribution in [3.05, 3.63) is 51.9 Å². The maximum absolute atomic E-state index is 12.0. The Morgan fingerprint density at radius 1 is 1.36 bits per heavy atom. The molecule has 0 saturated carbocycles. The summed E-state index contributed by atoms with van der Waals surface area (Å²) in [6, 6.07) is 8.71. The van der Waals surface area contributed by atoms with E-state index < -0.39 is 0 Å². The third-order valence-corrected chi connectivity index (χ3v) is 4.32. The van der Waals surface area contributed by atoms with Gasteiger partial charge < -0.3 is 20.0 Å². The molecule has 2 N–H and O–H groups in total. The van der Waals surface area contributed by atoms with E-state index in [1.54, 1.807) is 36.4 Å². The van der Waals surface area contributed by atoms with Gasteiger partial charge in [-0.25, -0.2) is 0 Å². The Morgan fingerprint density at radius 3 is 2.88 bits per heavy atom. The molecule has 2 amide bonds. The number of hydrogen-bond acceptors (Lipinski definition) is 4. The van der Waals surface area contributed by atoms with Crippen molar-refractivity contribution in [2.24, 2.45) is 0 Å². The van der Waals surface area contributed by atoms with Gasteiger partial charge in [-0.2, -0.15) is 0 Å². The SMILES string of the molecule is O=C(C=Cc1ccc(Br)o1)Nc1ccc(N2CCNC(=O)C2)c(Cl)c1. The molecule has 0 radical (unpaired) electrons. The van der Waals surface area contributed by atoms with Gasteiger partial charge in [0, 0.05) is 24.9 Å². The fourth-order valence-electron chi connectivity index (χ4n) is 2.44. The van der Waals surface area contributed by atoms with Gasteiger partial charge in [-0.05, 0) is 52.3 Å². The van der Waals surface area contributed by atoms with Gasteiger partial charge in [0.2, 0.25) is 11.8 Å². The van der Waals surface area contributed by atoms with Crippen molar-refractivity contribution in [3.63, 3.8) is 0 Å². The van der Waals surface area contributed by atoms with Crippen LogP contribution in [0.1, 0.15) is 5.76 Å². The second-order valence-corrected chi connectivity index (χ2v) is 6.59. The van der Waals surface area contributed by atoms with E-state index in [-0.39, 0.29) is 18.4 Å². The number of carbonyl (C=O) groups is 2. The molecule has 1 aliphatic rings. The molecule has 1 fully saturated rings. The summed E-state index contributed by atoms with van der Waals surface area (Å²) in [4.78, 5) is 25.4. The van der Waals surface area contributed by atoms with Crippen LogP contribution < -0.4 is 15.5 Å². The highest BCUT2D eigenvalue weighted by atomic mass is 79.9. The summed E-state index contributed by atoms with van der Waals surface area (Å²) in [6.07, 6.45) is 2.95. The van der Waals surface area contributed by atoms with Crippen LogP contribution in [0.4, 0.5) is 11.4 Å². The van der Waals surface area contributed by atoms with Gasteiger partial charge in [-0.3, -0.25) is 9.59 Å². The van der Waals surface area contributed by atoms with Crippen molar-refractivity contribution >= 4 is 56.8 Å². The monoisotopic (exact) mass is 423 g/mol. The maximum Gasteiger partial charge on any atom is 0.248 e. The molecule has 3 rings (SSSR count). The van der Waals surface area contributed by atoms with E-state index in [0.717, 1.165) is 5.69 Å². The molecular formula is C17H15BrClN3O3. The number of furan rings is 1. The number of amides is 2. The second-order valence-electron chi connectivity index (χ2n) is 5.40. The van der Waals surface area contributed by atoms with Crippen LogP contribution in [0.3, 0.4) is 0 Å². The number of rotatable bonds is 4. The van der Waals surface area contributed by atoms with Gasteiger partial charge in [0.15, 0.2) is 4.67 Å². The number of anilines is 2. The lowest BCUT2D eigenvalue weighted by Gasteiger charge is -2.29. The van der Waals surface area contributed by atoms with Crippen LogP contribution in [0.2, 0.25) is 5.02 Å². The number of nitrogens with zero attached hydrogens (tertiary/aromatic N) is 1. The Labute approximate surface area is 157 Å². The van der Waals surface area contributed by atoms with Crippen LogP contribution in [0.25, 0.3) is 6.08 Å². The topological polar surface area (TPSA) is 74.6 Å². The van der Waals surface area contributed by atoms with Gasteiger partial charge in [0.05, 0.1) is 17.3 Å². The minimum Gasteiger partial charge on any atom is -0.450 e. The number of hydrogen-bond donors (Lipinski definition) is 2. The number of nitrogens with one attached hydrogen (secondary N) is 2. The smallest absolute Gasteiger partial charge is 0.248 e. The lowest BCUT2D eigenvalue weighted by molar-refractivity contribution is -0.120. The Morgan fingerprint density at radius 2 is 2.20 bits per heavy atom. The highest BCUT2D eigenvalue weighted by Gasteiger charge is 2.18. The molecule has 6 nitrogen and oxygen atoms in total. The highest BCUT2D eigenvalue weighted by Crippen LogP contribution is 2.29. The van der Waals surface area contributed by atoms with E-state index in [2.05, 4.69) is 26.6 Å². The number of piperazine rings is 1. The predicted molar refractivity (Wildman–Crippen MR) is 101 cm³/mol. The third-order valence-electron chi connectivity index (χ3n) is 3.59. The van der Waals surface area contributed by atoms with E-state index in [1.807, 2.05) is 4.90 Å². The molecular weight excluding hydrogens is 410 g/mol. The number of halogens is 2. The van der Waals surface area contributed by atoms with Crippen molar-refractivity contribution in [1.82, 2.24) is 5.32 Å². The first-order valence-corrected chi connectivity index (χ1v) is 8.74. The van der Waals surface area contributed by atoms with Gasteiger partial charge in [0.25, 0.3) is 0 Å². The Bertz CT molecular complexity index is 834. The zero-order valence-electron chi connectivity index (χ0n) is 13.1. The van der Waals surface area contributed by atoms with Gasteiger partial charge in [0.1, 0.15) is 5.76 Å². The standard InChI is InChI=1S/C17H15BrClN3O3/c18-15-5-2-12(25-15)3-6-16(23)21-11-1-4-14(13(19)9-11)22-8-7-20-17(24)10-22/h1-6,9H,7-8,10H2,(H,20,24)(H,21,23). The van der Waals surface area contributed by atoms with Crippen LogP contribution in [-0.4, -0.2) is 31.4 Å². The molecule has 8 heteroatoms. The number of benzene rings is 1. The van der Waals surface area contributed by atoms with Gasteiger partial charge >= 0.3 is 0 Å². The Balaban J connectivity index is 1.65. The van der Waals surface area contributed by atoms with E-state index in [1.165, 1.54) is 6.08 Å². The molecule has 1 saturated heterocycles. The second kappa shape index (κ2) is 7.76. The first-order valence-electron chi connectivity index (χ1n) is 7.57. The molecule has 0 atom stereocenters. The minimum absolute atomic E-state index is 0.0330. The van der Waals surface area contributed by atoms with Crippen LogP contribution in [0.15, 0.2) is 45.5 Å². The summed E-state index contributed by atoms with van der Waals surface area (Å²) in [6.45, 7) is 1.55. The zero-order chi connectivity index (χ0) is 17.8. The highest BCUT2D eigenvalue weighted by molar-refractivity contribution is 9.10. The molecule has 2 aromatic rings. The molecule has 0 spiro atoms. The molecule has 1 aromatic heterocycles. The lowest BCUT2D eigenvalue weighted by atomic mass is 10.2. The average Bonchev–Trinajstić information content (AvgIpc) is 2.98. The van der Waals surface area contributed by atoms with E-state index >= 15 is 0 Å². The minimum atomic E-state index is -0.298. The molecule has 1 aliphatic heterocycles. The zero-order valence-corrected chi connectivity index (χ0v) is 15.4. The summed E-state index contributed by atoms with van der Waals surface area (Å²) in [7, 11) is 0. The molecule has 25 heavy (non-hydrogen) atoms. The summed E-state index contributed by atoms with van der Waals surface area (Å²) in [5.41, 5.74) is 1.34. The molecule has 0 bridgehead atoms. The van der Waals surface area contributed by atoms with Crippen molar-refractivity contribution < 1.29 is 14.0 Å². The van der Waals surface area contributed by atoms with E-state index in [0.29, 0.717) is 34.2 Å². The van der Waals surface area contributed by atoms with Gasteiger partial charge in [-0.1, -0.05) is 11.6 Å². The van der Waals surface area contributed by atoms with Crippen molar-refractivity contribution in [1.29, 1.82) is 0 Å². The third kappa shape index (κ3) is 4.64. The van der Waals surface area contributed by atoms with Crippen molar-refractivity contribution in [3.8, 4) is 0 Å². The van der Waals surface area contributed by atoms with Crippen LogP contribution in [0, 0.1) is 0 Å². The van der Waals surface area contributed by atoms with Crippen LogP contribution in [-0.2, 0) is 9.59 Å². The normalized spacial score (nSPS) is 14.6.